The van der Waals surface area contributed by atoms with Crippen molar-refractivity contribution in [2.45, 2.75) is 24.8 Å². The van der Waals surface area contributed by atoms with Crippen molar-refractivity contribution >= 4 is 21.4 Å². The van der Waals surface area contributed by atoms with Crippen LogP contribution in [0.5, 0.6) is 0 Å². The summed E-state index contributed by atoms with van der Waals surface area (Å²) >= 11 is 5.56. The Morgan fingerprint density at radius 1 is 1.47 bits per heavy atom. The Balaban J connectivity index is 2.93. The van der Waals surface area contributed by atoms with Crippen molar-refractivity contribution in [2.24, 2.45) is 0 Å². The number of sulfone groups is 1. The van der Waals surface area contributed by atoms with Gasteiger partial charge in [0.25, 0.3) is 0 Å². The first kappa shape index (κ1) is 14.4. The third-order valence-electron chi connectivity index (χ3n) is 2.27. The molecule has 1 unspecified atom stereocenters. The van der Waals surface area contributed by atoms with Crippen LogP contribution in [-0.2, 0) is 9.84 Å². The van der Waals surface area contributed by atoms with Crippen molar-refractivity contribution in [3.8, 4) is 0 Å². The van der Waals surface area contributed by atoms with Crippen molar-refractivity contribution in [3.05, 3.63) is 29.0 Å². The Kier molecular flexibility index (Phi) is 4.91. The predicted octanol–water partition coefficient (Wildman–Crippen LogP) is 2.25. The number of hydrogen-bond donors (Lipinski definition) is 1. The van der Waals surface area contributed by atoms with Gasteiger partial charge in [0.05, 0.1) is 15.7 Å². The lowest BCUT2D eigenvalue weighted by atomic mass is 10.3. The molecule has 3 nitrogen and oxygen atoms in total. The van der Waals surface area contributed by atoms with E-state index in [1.165, 1.54) is 6.07 Å². The second-order valence-electron chi connectivity index (χ2n) is 3.82. The molecule has 0 saturated carbocycles. The van der Waals surface area contributed by atoms with E-state index >= 15 is 0 Å². The molecule has 6 heteroatoms. The van der Waals surface area contributed by atoms with Crippen LogP contribution in [-0.4, -0.2) is 26.8 Å². The molecular formula is C11H15ClFNO2S. The maximum absolute atomic E-state index is 12.9. The van der Waals surface area contributed by atoms with Crippen molar-refractivity contribution in [3.63, 3.8) is 0 Å². The molecule has 0 spiro atoms. The van der Waals surface area contributed by atoms with Crippen LogP contribution in [0.15, 0.2) is 23.1 Å². The monoisotopic (exact) mass is 279 g/mol. The zero-order valence-electron chi connectivity index (χ0n) is 9.70. The second-order valence-corrected chi connectivity index (χ2v) is 6.26. The maximum atomic E-state index is 12.9. The van der Waals surface area contributed by atoms with E-state index in [2.05, 4.69) is 5.32 Å². The van der Waals surface area contributed by atoms with Crippen LogP contribution in [0.3, 0.4) is 0 Å². The fourth-order valence-electron chi connectivity index (χ4n) is 1.50. The normalized spacial score (nSPS) is 13.6. The van der Waals surface area contributed by atoms with E-state index in [1.54, 1.807) is 6.92 Å². The molecule has 0 aliphatic heterocycles. The van der Waals surface area contributed by atoms with Gasteiger partial charge in [-0.1, -0.05) is 18.5 Å². The van der Waals surface area contributed by atoms with E-state index in [-0.39, 0.29) is 21.7 Å². The minimum Gasteiger partial charge on any atom is -0.314 e. The first-order valence-corrected chi connectivity index (χ1v) is 7.31. The third-order valence-corrected chi connectivity index (χ3v) is 4.47. The molecule has 1 rings (SSSR count). The van der Waals surface area contributed by atoms with Crippen LogP contribution >= 0.6 is 11.6 Å². The molecular weight excluding hydrogens is 265 g/mol. The quantitative estimate of drug-likeness (QED) is 0.841. The minimum absolute atomic E-state index is 0.0389. The van der Waals surface area contributed by atoms with E-state index in [1.807, 2.05) is 6.92 Å². The topological polar surface area (TPSA) is 46.2 Å². The van der Waals surface area contributed by atoms with E-state index < -0.39 is 15.7 Å². The van der Waals surface area contributed by atoms with Gasteiger partial charge in [-0.2, -0.15) is 0 Å². The molecule has 0 radical (unpaired) electrons. The molecule has 0 aromatic heterocycles. The second kappa shape index (κ2) is 5.80. The van der Waals surface area contributed by atoms with Crippen LogP contribution in [0.2, 0.25) is 5.02 Å². The lowest BCUT2D eigenvalue weighted by molar-refractivity contribution is 0.566. The highest BCUT2D eigenvalue weighted by molar-refractivity contribution is 7.91. The summed E-state index contributed by atoms with van der Waals surface area (Å²) in [6.45, 7) is 4.38. The Morgan fingerprint density at radius 3 is 2.65 bits per heavy atom. The molecule has 0 saturated heterocycles. The Morgan fingerprint density at radius 2 is 2.12 bits per heavy atom. The van der Waals surface area contributed by atoms with E-state index in [4.69, 9.17) is 11.6 Å². The maximum Gasteiger partial charge on any atom is 0.179 e. The molecule has 0 fully saturated rings. The number of hydrogen-bond acceptors (Lipinski definition) is 3. The van der Waals surface area contributed by atoms with Crippen molar-refractivity contribution < 1.29 is 12.8 Å². The Labute approximate surface area is 106 Å². The summed E-state index contributed by atoms with van der Waals surface area (Å²) in [5, 5.41) is 2.83. The third kappa shape index (κ3) is 3.94. The standard InChI is InChI=1S/C11H15ClFNO2S/c1-3-14-8(2)7-17(15,16)9-4-5-11(13)10(12)6-9/h4-6,8,14H,3,7H2,1-2H3. The highest BCUT2D eigenvalue weighted by Crippen LogP contribution is 2.20. The Bertz CT molecular complexity index is 490. The highest BCUT2D eigenvalue weighted by atomic mass is 35.5. The SMILES string of the molecule is CCNC(C)CS(=O)(=O)c1ccc(F)c(Cl)c1. The van der Waals surface area contributed by atoms with Crippen molar-refractivity contribution in [2.75, 3.05) is 12.3 Å². The first-order chi connectivity index (χ1) is 7.86. The van der Waals surface area contributed by atoms with Crippen LogP contribution in [0, 0.1) is 5.82 Å². The summed E-state index contributed by atoms with van der Waals surface area (Å²) in [6.07, 6.45) is 0. The van der Waals surface area contributed by atoms with Crippen LogP contribution < -0.4 is 5.32 Å². The molecule has 1 atom stereocenters. The average molecular weight is 280 g/mol. The zero-order chi connectivity index (χ0) is 13.1. The van der Waals surface area contributed by atoms with Gasteiger partial charge in [0.2, 0.25) is 0 Å². The number of halogens is 2. The van der Waals surface area contributed by atoms with Crippen LogP contribution in [0.25, 0.3) is 0 Å². The summed E-state index contributed by atoms with van der Waals surface area (Å²) in [5.74, 6) is -0.659. The number of nitrogens with one attached hydrogen (secondary N) is 1. The van der Waals surface area contributed by atoms with Gasteiger partial charge < -0.3 is 5.32 Å². The minimum atomic E-state index is -3.43. The van der Waals surface area contributed by atoms with E-state index in [0.29, 0.717) is 6.54 Å². The first-order valence-electron chi connectivity index (χ1n) is 5.28. The molecule has 0 heterocycles. The lowest BCUT2D eigenvalue weighted by Gasteiger charge is -2.12. The Hall–Kier alpha value is -0.650. The van der Waals surface area contributed by atoms with Gasteiger partial charge in [0.15, 0.2) is 9.84 Å². The zero-order valence-corrected chi connectivity index (χ0v) is 11.3. The van der Waals surface area contributed by atoms with Gasteiger partial charge in [0.1, 0.15) is 5.82 Å². The van der Waals surface area contributed by atoms with E-state index in [0.717, 1.165) is 12.1 Å². The van der Waals surface area contributed by atoms with Crippen molar-refractivity contribution in [1.82, 2.24) is 5.32 Å². The predicted molar refractivity (Wildman–Crippen MR) is 66.6 cm³/mol. The fraction of sp³-hybridized carbons (Fsp3) is 0.455. The largest absolute Gasteiger partial charge is 0.314 e. The van der Waals surface area contributed by atoms with Gasteiger partial charge >= 0.3 is 0 Å². The highest BCUT2D eigenvalue weighted by Gasteiger charge is 2.19. The summed E-state index contributed by atoms with van der Waals surface area (Å²) in [5.41, 5.74) is 0. The summed E-state index contributed by atoms with van der Waals surface area (Å²) in [7, 11) is -3.43. The summed E-state index contributed by atoms with van der Waals surface area (Å²) in [6, 6.07) is 3.28. The van der Waals surface area contributed by atoms with Crippen LogP contribution in [0.4, 0.5) is 4.39 Å². The van der Waals surface area contributed by atoms with Gasteiger partial charge in [-0.3, -0.25) is 0 Å². The number of rotatable bonds is 5. The molecule has 0 aliphatic carbocycles. The molecule has 0 bridgehead atoms. The smallest absolute Gasteiger partial charge is 0.179 e. The summed E-state index contributed by atoms with van der Waals surface area (Å²) in [4.78, 5) is 0.0497. The van der Waals surface area contributed by atoms with Crippen LogP contribution in [0.1, 0.15) is 13.8 Å². The molecule has 1 aromatic rings. The average Bonchev–Trinajstić information content (AvgIpc) is 2.21. The molecule has 17 heavy (non-hydrogen) atoms. The molecule has 96 valence electrons. The molecule has 0 amide bonds. The van der Waals surface area contributed by atoms with Gasteiger partial charge in [-0.15, -0.1) is 0 Å². The molecule has 1 N–H and O–H groups in total. The fourth-order valence-corrected chi connectivity index (χ4v) is 3.29. The lowest BCUT2D eigenvalue weighted by Crippen LogP contribution is -2.32. The van der Waals surface area contributed by atoms with E-state index in [9.17, 15) is 12.8 Å². The van der Waals surface area contributed by atoms with Gasteiger partial charge in [0, 0.05) is 6.04 Å². The van der Waals surface area contributed by atoms with Gasteiger partial charge in [-0.05, 0) is 31.7 Å². The molecule has 0 aliphatic rings. The summed E-state index contributed by atoms with van der Waals surface area (Å²) < 4.78 is 36.9. The van der Waals surface area contributed by atoms with Crippen molar-refractivity contribution in [1.29, 1.82) is 0 Å². The number of benzene rings is 1. The van der Waals surface area contributed by atoms with Gasteiger partial charge in [-0.25, -0.2) is 12.8 Å². The molecule has 1 aromatic carbocycles.